The molecule has 112 valence electrons. The minimum absolute atomic E-state index is 0.197. The highest BCUT2D eigenvalue weighted by Gasteiger charge is 2.22. The Morgan fingerprint density at radius 1 is 1.27 bits per heavy atom. The van der Waals surface area contributed by atoms with Crippen LogP contribution in [-0.2, 0) is 12.8 Å². The Morgan fingerprint density at radius 2 is 2.00 bits per heavy atom. The third kappa shape index (κ3) is 2.70. The van der Waals surface area contributed by atoms with E-state index in [0.29, 0.717) is 21.9 Å². The number of carbonyl (C=O) groups is 1. The highest BCUT2D eigenvalue weighted by Crippen LogP contribution is 2.37. The average Bonchev–Trinajstić information content (AvgIpc) is 2.91. The van der Waals surface area contributed by atoms with Crippen molar-refractivity contribution in [2.45, 2.75) is 25.7 Å². The molecule has 1 amide bonds. The molecule has 0 unspecified atom stereocenters. The monoisotopic (exact) mass is 312 g/mol. The van der Waals surface area contributed by atoms with Gasteiger partial charge in [0.1, 0.15) is 16.8 Å². The zero-order valence-electron chi connectivity index (χ0n) is 12.3. The summed E-state index contributed by atoms with van der Waals surface area (Å²) in [5.41, 5.74) is 2.32. The first-order valence-corrected chi connectivity index (χ1v) is 8.04. The van der Waals surface area contributed by atoms with E-state index in [1.165, 1.54) is 16.2 Å². The summed E-state index contributed by atoms with van der Waals surface area (Å²) in [6.45, 7) is 0. The maximum absolute atomic E-state index is 12.3. The maximum atomic E-state index is 12.3. The average molecular weight is 312 g/mol. The van der Waals surface area contributed by atoms with Gasteiger partial charge < -0.3 is 10.1 Å². The molecule has 22 heavy (non-hydrogen) atoms. The predicted octanol–water partition coefficient (Wildman–Crippen LogP) is 3.76. The molecule has 2 aromatic rings. The lowest BCUT2D eigenvalue weighted by atomic mass is 9.96. The smallest absolute Gasteiger partial charge is 0.256 e. The van der Waals surface area contributed by atoms with Gasteiger partial charge in [0.15, 0.2) is 0 Å². The molecule has 5 heteroatoms. The number of nitrogens with zero attached hydrogens (tertiary/aromatic N) is 1. The number of anilines is 1. The number of hydrogen-bond acceptors (Lipinski definition) is 4. The number of methoxy groups -OCH3 is 1. The first-order chi connectivity index (χ1) is 10.7. The normalized spacial score (nSPS) is 13.1. The zero-order valence-corrected chi connectivity index (χ0v) is 13.1. The summed E-state index contributed by atoms with van der Waals surface area (Å²) in [7, 11) is 1.59. The van der Waals surface area contributed by atoms with Crippen molar-refractivity contribution < 1.29 is 9.53 Å². The van der Waals surface area contributed by atoms with Crippen LogP contribution in [0.25, 0.3) is 0 Å². The molecule has 1 heterocycles. The zero-order chi connectivity index (χ0) is 15.5. The summed E-state index contributed by atoms with van der Waals surface area (Å²) in [6.07, 6.45) is 4.22. The van der Waals surface area contributed by atoms with E-state index >= 15 is 0 Å². The van der Waals surface area contributed by atoms with Gasteiger partial charge in [-0.1, -0.05) is 0 Å². The highest BCUT2D eigenvalue weighted by molar-refractivity contribution is 7.16. The van der Waals surface area contributed by atoms with Crippen LogP contribution in [0, 0.1) is 11.3 Å². The van der Waals surface area contributed by atoms with Crippen molar-refractivity contribution in [2.75, 3.05) is 12.4 Å². The van der Waals surface area contributed by atoms with E-state index in [0.717, 1.165) is 31.2 Å². The van der Waals surface area contributed by atoms with E-state index in [4.69, 9.17) is 4.74 Å². The van der Waals surface area contributed by atoms with E-state index in [1.807, 2.05) is 0 Å². The number of rotatable bonds is 3. The number of carbonyl (C=O) groups excluding carboxylic acids is 1. The summed E-state index contributed by atoms with van der Waals surface area (Å²) < 4.78 is 5.09. The van der Waals surface area contributed by atoms with Gasteiger partial charge in [-0.2, -0.15) is 5.26 Å². The molecule has 0 fully saturated rings. The third-order valence-electron chi connectivity index (χ3n) is 3.86. The standard InChI is InChI=1S/C17H16N2O2S/c1-21-12-8-6-11(7-9-12)16(20)19-17-14(10-18)13-4-2-3-5-15(13)22-17/h6-9H,2-5H2,1H3,(H,19,20). The van der Waals surface area contributed by atoms with Crippen molar-refractivity contribution in [3.63, 3.8) is 0 Å². The van der Waals surface area contributed by atoms with E-state index in [-0.39, 0.29) is 5.91 Å². The molecule has 1 aliphatic rings. The second kappa shape index (κ2) is 6.20. The molecule has 0 bridgehead atoms. The van der Waals surface area contributed by atoms with Crippen LogP contribution in [0.5, 0.6) is 5.75 Å². The first-order valence-electron chi connectivity index (χ1n) is 7.23. The SMILES string of the molecule is COc1ccc(C(=O)Nc2sc3c(c2C#N)CCCC3)cc1. The number of nitriles is 1. The fraction of sp³-hybridized carbons (Fsp3) is 0.294. The van der Waals surface area contributed by atoms with E-state index in [1.54, 1.807) is 31.4 Å². The van der Waals surface area contributed by atoms with Crippen LogP contribution in [0.3, 0.4) is 0 Å². The number of thiophene rings is 1. The summed E-state index contributed by atoms with van der Waals surface area (Å²) >= 11 is 1.54. The maximum Gasteiger partial charge on any atom is 0.256 e. The molecule has 1 aliphatic carbocycles. The van der Waals surface area contributed by atoms with Crippen molar-refractivity contribution in [3.05, 3.63) is 45.8 Å². The summed E-state index contributed by atoms with van der Waals surface area (Å²) in [4.78, 5) is 13.6. The lowest BCUT2D eigenvalue weighted by Gasteiger charge is -2.09. The number of amides is 1. The number of aryl methyl sites for hydroxylation is 1. The molecule has 1 N–H and O–H groups in total. The fourth-order valence-corrected chi connectivity index (χ4v) is 3.92. The van der Waals surface area contributed by atoms with E-state index in [9.17, 15) is 10.1 Å². The summed E-state index contributed by atoms with van der Waals surface area (Å²) in [6, 6.07) is 9.19. The van der Waals surface area contributed by atoms with Gasteiger partial charge in [0.25, 0.3) is 5.91 Å². The van der Waals surface area contributed by atoms with Gasteiger partial charge in [-0.15, -0.1) is 11.3 Å². The second-order valence-corrected chi connectivity index (χ2v) is 6.31. The Labute approximate surface area is 133 Å². The minimum atomic E-state index is -0.197. The number of hydrogen-bond donors (Lipinski definition) is 1. The molecule has 0 aliphatic heterocycles. The fourth-order valence-electron chi connectivity index (χ4n) is 2.69. The van der Waals surface area contributed by atoms with Crippen LogP contribution < -0.4 is 10.1 Å². The van der Waals surface area contributed by atoms with Crippen LogP contribution in [-0.4, -0.2) is 13.0 Å². The Balaban J connectivity index is 1.84. The van der Waals surface area contributed by atoms with Gasteiger partial charge in [0, 0.05) is 10.4 Å². The van der Waals surface area contributed by atoms with Crippen LogP contribution >= 0.6 is 11.3 Å². The van der Waals surface area contributed by atoms with Crippen LogP contribution in [0.15, 0.2) is 24.3 Å². The summed E-state index contributed by atoms with van der Waals surface area (Å²) in [5.74, 6) is 0.513. The van der Waals surface area contributed by atoms with Crippen molar-refractivity contribution in [1.29, 1.82) is 5.26 Å². The van der Waals surface area contributed by atoms with Gasteiger partial charge in [0.2, 0.25) is 0 Å². The Bertz CT molecular complexity index is 741. The van der Waals surface area contributed by atoms with Crippen molar-refractivity contribution in [2.24, 2.45) is 0 Å². The third-order valence-corrected chi connectivity index (χ3v) is 5.07. The molecule has 0 saturated heterocycles. The largest absolute Gasteiger partial charge is 0.497 e. The molecule has 4 nitrogen and oxygen atoms in total. The molecule has 1 aromatic heterocycles. The number of benzene rings is 1. The molecule has 0 atom stereocenters. The Kier molecular flexibility index (Phi) is 4.12. The van der Waals surface area contributed by atoms with E-state index in [2.05, 4.69) is 11.4 Å². The van der Waals surface area contributed by atoms with Gasteiger partial charge >= 0.3 is 0 Å². The van der Waals surface area contributed by atoms with Crippen molar-refractivity contribution >= 4 is 22.2 Å². The summed E-state index contributed by atoms with van der Waals surface area (Å²) in [5, 5.41) is 13.0. The molecule has 1 aromatic carbocycles. The van der Waals surface area contributed by atoms with Gasteiger partial charge in [-0.3, -0.25) is 4.79 Å². The number of nitrogens with one attached hydrogen (secondary N) is 1. The molecule has 3 rings (SSSR count). The van der Waals surface area contributed by atoms with Crippen LogP contribution in [0.4, 0.5) is 5.00 Å². The van der Waals surface area contributed by atoms with Crippen molar-refractivity contribution in [3.8, 4) is 11.8 Å². The lowest BCUT2D eigenvalue weighted by Crippen LogP contribution is -2.11. The topological polar surface area (TPSA) is 62.1 Å². The second-order valence-electron chi connectivity index (χ2n) is 5.21. The molecule has 0 radical (unpaired) electrons. The van der Waals surface area contributed by atoms with Crippen molar-refractivity contribution in [1.82, 2.24) is 0 Å². The molecular weight excluding hydrogens is 296 g/mol. The minimum Gasteiger partial charge on any atom is -0.497 e. The van der Waals surface area contributed by atoms with E-state index < -0.39 is 0 Å². The Hall–Kier alpha value is -2.32. The molecular formula is C17H16N2O2S. The van der Waals surface area contributed by atoms with Gasteiger partial charge in [-0.05, 0) is 55.5 Å². The van der Waals surface area contributed by atoms with Crippen LogP contribution in [0.2, 0.25) is 0 Å². The molecule has 0 spiro atoms. The molecule has 0 saturated carbocycles. The Morgan fingerprint density at radius 3 is 2.68 bits per heavy atom. The highest BCUT2D eigenvalue weighted by atomic mass is 32.1. The van der Waals surface area contributed by atoms with Gasteiger partial charge in [-0.25, -0.2) is 0 Å². The quantitative estimate of drug-likeness (QED) is 0.938. The lowest BCUT2D eigenvalue weighted by molar-refractivity contribution is 0.102. The first kappa shape index (κ1) is 14.6. The predicted molar refractivity (Wildman–Crippen MR) is 86.6 cm³/mol. The number of ether oxygens (including phenoxy) is 1. The number of fused-ring (bicyclic) bond motifs is 1. The van der Waals surface area contributed by atoms with Crippen LogP contribution in [0.1, 0.15) is 39.2 Å². The van der Waals surface area contributed by atoms with Gasteiger partial charge in [0.05, 0.1) is 12.7 Å².